The molecule has 2 aromatic carbocycles. The topological polar surface area (TPSA) is 79.3 Å². The number of urea groups is 1. The summed E-state index contributed by atoms with van der Waals surface area (Å²) < 4.78 is 0. The van der Waals surface area contributed by atoms with E-state index in [2.05, 4.69) is 27.2 Å². The number of para-hydroxylation sites is 2. The number of aromatic amines is 1. The normalized spacial score (nSPS) is 18.0. The largest absolute Gasteiger partial charge is 0.364 e. The molecule has 3 heterocycles. The third-order valence-electron chi connectivity index (χ3n) is 6.29. The first-order valence-corrected chi connectivity index (χ1v) is 10.6. The number of hydrogen-bond donors (Lipinski definition) is 1. The summed E-state index contributed by atoms with van der Waals surface area (Å²) in [6.07, 6.45) is 4.73. The minimum absolute atomic E-state index is 0.0653. The highest BCUT2D eigenvalue weighted by atomic mass is 16.2. The molecule has 1 atom stereocenters. The van der Waals surface area contributed by atoms with Crippen LogP contribution in [0, 0.1) is 11.3 Å². The van der Waals surface area contributed by atoms with E-state index in [1.54, 1.807) is 0 Å². The first kappa shape index (κ1) is 19.2. The third kappa shape index (κ3) is 3.61. The van der Waals surface area contributed by atoms with Crippen LogP contribution < -0.4 is 9.80 Å². The molecule has 2 aliphatic heterocycles. The molecule has 5 rings (SSSR count). The lowest BCUT2D eigenvalue weighted by atomic mass is 10.0. The molecule has 1 N–H and O–H groups in total. The Morgan fingerprint density at radius 3 is 2.71 bits per heavy atom. The van der Waals surface area contributed by atoms with Crippen molar-refractivity contribution in [3.63, 3.8) is 0 Å². The van der Waals surface area contributed by atoms with E-state index in [9.17, 15) is 10.1 Å². The quantitative estimate of drug-likeness (QED) is 0.711. The molecule has 1 aromatic heterocycles. The monoisotopic (exact) mass is 412 g/mol. The highest BCUT2D eigenvalue weighted by Gasteiger charge is 2.34. The highest BCUT2D eigenvalue weighted by molar-refractivity contribution is 5.97. The fourth-order valence-electron chi connectivity index (χ4n) is 4.62. The van der Waals surface area contributed by atoms with Crippen molar-refractivity contribution in [3.05, 3.63) is 77.6 Å². The van der Waals surface area contributed by atoms with Crippen LogP contribution in [0.15, 0.2) is 60.9 Å². The van der Waals surface area contributed by atoms with Gasteiger partial charge in [0.2, 0.25) is 0 Å². The van der Waals surface area contributed by atoms with Crippen LogP contribution in [0.5, 0.6) is 0 Å². The van der Waals surface area contributed by atoms with Crippen LogP contribution in [0.3, 0.4) is 0 Å². The van der Waals surface area contributed by atoms with Crippen molar-refractivity contribution in [1.29, 1.82) is 5.26 Å². The van der Waals surface area contributed by atoms with Gasteiger partial charge in [0.05, 0.1) is 29.2 Å². The number of benzene rings is 2. The van der Waals surface area contributed by atoms with Gasteiger partial charge >= 0.3 is 6.03 Å². The van der Waals surface area contributed by atoms with E-state index in [-0.39, 0.29) is 6.03 Å². The lowest BCUT2D eigenvalue weighted by Gasteiger charge is -2.39. The molecule has 1 fully saturated rings. The molecular weight excluding hydrogens is 388 g/mol. The number of H-pyrrole nitrogens is 1. The number of nitriles is 1. The number of nitrogens with one attached hydrogen (secondary N) is 1. The molecule has 0 bridgehead atoms. The Hall–Kier alpha value is -3.79. The van der Waals surface area contributed by atoms with Gasteiger partial charge in [0.1, 0.15) is 0 Å². The van der Waals surface area contributed by atoms with Crippen molar-refractivity contribution in [1.82, 2.24) is 15.1 Å². The van der Waals surface area contributed by atoms with Crippen LogP contribution in [-0.2, 0) is 6.54 Å². The molecule has 0 aliphatic carbocycles. The zero-order chi connectivity index (χ0) is 21.2. The molecular formula is C24H24N6O. The van der Waals surface area contributed by atoms with Crippen molar-refractivity contribution >= 4 is 17.4 Å². The number of aromatic nitrogens is 2. The summed E-state index contributed by atoms with van der Waals surface area (Å²) in [7, 11) is 0. The molecule has 1 saturated heterocycles. The summed E-state index contributed by atoms with van der Waals surface area (Å²) in [4.78, 5) is 19.5. The number of fused-ring (bicyclic) bond motifs is 1. The van der Waals surface area contributed by atoms with E-state index >= 15 is 0 Å². The average molecular weight is 412 g/mol. The molecule has 0 saturated carbocycles. The second-order valence-electron chi connectivity index (χ2n) is 8.08. The number of carbonyl (C=O) groups is 1. The van der Waals surface area contributed by atoms with Crippen LogP contribution in [0.1, 0.15) is 29.0 Å². The van der Waals surface area contributed by atoms with Crippen molar-refractivity contribution < 1.29 is 4.79 Å². The summed E-state index contributed by atoms with van der Waals surface area (Å²) >= 11 is 0. The number of rotatable bonds is 3. The van der Waals surface area contributed by atoms with Crippen LogP contribution in [0.2, 0.25) is 0 Å². The standard InChI is InChI=1S/C24H24N6O/c25-13-18-5-1-2-6-19(18)16-28-11-12-30(23-8-4-3-7-22(23)28)24(31)29-10-9-20(17-29)21-14-26-27-15-21/h1-8,14-15,20H,9-12,16-17H2,(H,26,27). The van der Waals surface area contributed by atoms with Crippen LogP contribution >= 0.6 is 0 Å². The Bertz CT molecular complexity index is 1120. The van der Waals surface area contributed by atoms with E-state index < -0.39 is 0 Å². The smallest absolute Gasteiger partial charge is 0.324 e. The minimum Gasteiger partial charge on any atom is -0.364 e. The Labute approximate surface area is 181 Å². The number of hydrogen-bond acceptors (Lipinski definition) is 4. The van der Waals surface area contributed by atoms with Gasteiger partial charge in [0.15, 0.2) is 0 Å². The summed E-state index contributed by atoms with van der Waals surface area (Å²) in [5.74, 6) is 0.335. The Morgan fingerprint density at radius 1 is 1.10 bits per heavy atom. The van der Waals surface area contributed by atoms with Crippen molar-refractivity contribution in [2.24, 2.45) is 0 Å². The van der Waals surface area contributed by atoms with Gasteiger partial charge in [-0.3, -0.25) is 10.00 Å². The number of carbonyl (C=O) groups excluding carboxylic acids is 1. The lowest BCUT2D eigenvalue weighted by Crippen LogP contribution is -2.49. The van der Waals surface area contributed by atoms with Crippen molar-refractivity contribution in [2.45, 2.75) is 18.9 Å². The van der Waals surface area contributed by atoms with Gasteiger partial charge in [-0.05, 0) is 35.7 Å². The second kappa shape index (κ2) is 8.15. The van der Waals surface area contributed by atoms with Crippen molar-refractivity contribution in [2.75, 3.05) is 36.0 Å². The predicted molar refractivity (Wildman–Crippen MR) is 119 cm³/mol. The maximum atomic E-state index is 13.4. The first-order chi connectivity index (χ1) is 15.2. The number of nitrogens with zero attached hydrogens (tertiary/aromatic N) is 5. The Morgan fingerprint density at radius 2 is 1.90 bits per heavy atom. The summed E-state index contributed by atoms with van der Waals surface area (Å²) in [6.45, 7) is 3.47. The molecule has 0 radical (unpaired) electrons. The molecule has 31 heavy (non-hydrogen) atoms. The van der Waals surface area contributed by atoms with Crippen LogP contribution in [0.25, 0.3) is 0 Å². The van der Waals surface area contributed by atoms with Gasteiger partial charge < -0.3 is 9.80 Å². The second-order valence-corrected chi connectivity index (χ2v) is 8.08. The van der Waals surface area contributed by atoms with Crippen LogP contribution in [0.4, 0.5) is 16.2 Å². The van der Waals surface area contributed by atoms with Gasteiger partial charge in [-0.15, -0.1) is 0 Å². The van der Waals surface area contributed by atoms with Gasteiger partial charge in [0.25, 0.3) is 0 Å². The van der Waals surface area contributed by atoms with E-state index in [4.69, 9.17) is 0 Å². The molecule has 7 heteroatoms. The first-order valence-electron chi connectivity index (χ1n) is 10.6. The van der Waals surface area contributed by atoms with Gasteiger partial charge in [0, 0.05) is 44.8 Å². The predicted octanol–water partition coefficient (Wildman–Crippen LogP) is 3.72. The Kier molecular flexibility index (Phi) is 5.04. The summed E-state index contributed by atoms with van der Waals surface area (Å²) in [5.41, 5.74) is 4.82. The SMILES string of the molecule is N#Cc1ccccc1CN1CCN(C(=O)N2CCC(c3cn[nH]c3)C2)c2ccccc21. The zero-order valence-corrected chi connectivity index (χ0v) is 17.2. The molecule has 2 aliphatic rings. The molecule has 1 unspecified atom stereocenters. The molecule has 0 spiro atoms. The Balaban J connectivity index is 1.36. The van der Waals surface area contributed by atoms with Crippen molar-refractivity contribution in [3.8, 4) is 6.07 Å². The summed E-state index contributed by atoms with van der Waals surface area (Å²) in [5, 5.41) is 16.4. The van der Waals surface area contributed by atoms with E-state index in [1.807, 2.05) is 64.7 Å². The molecule has 3 aromatic rings. The maximum Gasteiger partial charge on any atom is 0.324 e. The van der Waals surface area contributed by atoms with E-state index in [0.717, 1.165) is 48.6 Å². The van der Waals surface area contributed by atoms with Gasteiger partial charge in [-0.1, -0.05) is 30.3 Å². The van der Waals surface area contributed by atoms with Gasteiger partial charge in [-0.25, -0.2) is 4.79 Å². The van der Waals surface area contributed by atoms with E-state index in [1.165, 1.54) is 0 Å². The third-order valence-corrected chi connectivity index (χ3v) is 6.29. The lowest BCUT2D eigenvalue weighted by molar-refractivity contribution is 0.214. The number of amides is 2. The maximum absolute atomic E-state index is 13.4. The van der Waals surface area contributed by atoms with E-state index in [0.29, 0.717) is 24.6 Å². The van der Waals surface area contributed by atoms with Crippen LogP contribution in [-0.4, -0.2) is 47.3 Å². The summed E-state index contributed by atoms with van der Waals surface area (Å²) in [6, 6.07) is 18.1. The minimum atomic E-state index is 0.0653. The zero-order valence-electron chi connectivity index (χ0n) is 17.2. The fraction of sp³-hybridized carbons (Fsp3) is 0.292. The number of anilines is 2. The van der Waals surface area contributed by atoms with Gasteiger partial charge in [-0.2, -0.15) is 10.4 Å². The average Bonchev–Trinajstić information content (AvgIpc) is 3.51. The fourth-order valence-corrected chi connectivity index (χ4v) is 4.62. The molecule has 2 amide bonds. The molecule has 7 nitrogen and oxygen atoms in total. The highest BCUT2D eigenvalue weighted by Crippen LogP contribution is 2.36. The molecule has 156 valence electrons. The number of likely N-dealkylation sites (tertiary alicyclic amines) is 1.